The molecule has 0 heterocycles. The van der Waals surface area contributed by atoms with Crippen molar-refractivity contribution in [3.8, 4) is 0 Å². The highest BCUT2D eigenvalue weighted by molar-refractivity contribution is 6.30. The van der Waals surface area contributed by atoms with Crippen molar-refractivity contribution in [1.82, 2.24) is 5.32 Å². The third-order valence-corrected chi connectivity index (χ3v) is 2.72. The molecule has 0 saturated carbocycles. The minimum Gasteiger partial charge on any atom is -0.348 e. The first-order chi connectivity index (χ1) is 8.65. The minimum absolute atomic E-state index is 0.232. The summed E-state index contributed by atoms with van der Waals surface area (Å²) in [6.45, 7) is 0.410. The molecule has 92 valence electrons. The number of hydrogen-bond donors (Lipinski definition) is 1. The van der Waals surface area contributed by atoms with Gasteiger partial charge in [0.15, 0.2) is 0 Å². The molecule has 1 amide bonds. The zero-order valence-corrected chi connectivity index (χ0v) is 10.2. The van der Waals surface area contributed by atoms with E-state index in [1.165, 1.54) is 24.3 Å². The van der Waals surface area contributed by atoms with E-state index >= 15 is 0 Å². The van der Waals surface area contributed by atoms with Crippen molar-refractivity contribution in [3.05, 3.63) is 70.5 Å². The number of halogens is 2. The van der Waals surface area contributed by atoms with E-state index < -0.39 is 0 Å². The largest absolute Gasteiger partial charge is 0.348 e. The standard InChI is InChI=1S/C14H11ClFNO/c15-12-5-1-10(2-6-12)9-17-14(18)11-3-7-13(16)8-4-11/h1-8H,9H2,(H,17,18). The van der Waals surface area contributed by atoms with Gasteiger partial charge in [-0.2, -0.15) is 0 Å². The van der Waals surface area contributed by atoms with Gasteiger partial charge >= 0.3 is 0 Å². The van der Waals surface area contributed by atoms with E-state index in [9.17, 15) is 9.18 Å². The quantitative estimate of drug-likeness (QED) is 0.903. The SMILES string of the molecule is O=C(NCc1ccc(Cl)cc1)c1ccc(F)cc1. The molecular formula is C14H11ClFNO. The molecular weight excluding hydrogens is 253 g/mol. The summed E-state index contributed by atoms with van der Waals surface area (Å²) in [6, 6.07) is 12.6. The molecule has 0 bridgehead atoms. The molecule has 4 heteroatoms. The van der Waals surface area contributed by atoms with Crippen LogP contribution in [0.5, 0.6) is 0 Å². The highest BCUT2D eigenvalue weighted by atomic mass is 35.5. The molecule has 18 heavy (non-hydrogen) atoms. The minimum atomic E-state index is -0.357. The lowest BCUT2D eigenvalue weighted by Crippen LogP contribution is -2.22. The van der Waals surface area contributed by atoms with Crippen LogP contribution in [0.3, 0.4) is 0 Å². The zero-order chi connectivity index (χ0) is 13.0. The molecule has 0 aromatic heterocycles. The Labute approximate surface area is 109 Å². The summed E-state index contributed by atoms with van der Waals surface area (Å²) in [5, 5.41) is 3.41. The maximum Gasteiger partial charge on any atom is 0.251 e. The Morgan fingerprint density at radius 3 is 2.28 bits per heavy atom. The second kappa shape index (κ2) is 5.65. The molecule has 2 rings (SSSR count). The Hall–Kier alpha value is -1.87. The van der Waals surface area contributed by atoms with Crippen molar-refractivity contribution in [2.75, 3.05) is 0 Å². The average molecular weight is 264 g/mol. The molecule has 0 aliphatic rings. The predicted molar refractivity (Wildman–Crippen MR) is 69.0 cm³/mol. The van der Waals surface area contributed by atoms with Crippen molar-refractivity contribution in [2.24, 2.45) is 0 Å². The van der Waals surface area contributed by atoms with Crippen LogP contribution >= 0.6 is 11.6 Å². The smallest absolute Gasteiger partial charge is 0.251 e. The summed E-state index contributed by atoms with van der Waals surface area (Å²) >= 11 is 5.76. The van der Waals surface area contributed by atoms with E-state index in [1.54, 1.807) is 12.1 Å². The lowest BCUT2D eigenvalue weighted by molar-refractivity contribution is 0.0951. The summed E-state index contributed by atoms with van der Waals surface area (Å²) in [7, 11) is 0. The van der Waals surface area contributed by atoms with Crippen LogP contribution in [0.4, 0.5) is 4.39 Å². The summed E-state index contributed by atoms with van der Waals surface area (Å²) in [5.41, 5.74) is 1.39. The molecule has 0 atom stereocenters. The highest BCUT2D eigenvalue weighted by Crippen LogP contribution is 2.09. The van der Waals surface area contributed by atoms with Gasteiger partial charge in [-0.25, -0.2) is 4.39 Å². The fourth-order valence-electron chi connectivity index (χ4n) is 1.49. The van der Waals surface area contributed by atoms with E-state index in [0.29, 0.717) is 17.1 Å². The van der Waals surface area contributed by atoms with E-state index in [-0.39, 0.29) is 11.7 Å². The predicted octanol–water partition coefficient (Wildman–Crippen LogP) is 3.41. The molecule has 0 radical (unpaired) electrons. The van der Waals surface area contributed by atoms with Crippen LogP contribution in [0.2, 0.25) is 5.02 Å². The molecule has 0 aliphatic heterocycles. The van der Waals surface area contributed by atoms with Crippen molar-refractivity contribution in [1.29, 1.82) is 0 Å². The number of carbonyl (C=O) groups is 1. The summed E-state index contributed by atoms with van der Waals surface area (Å²) < 4.78 is 12.7. The van der Waals surface area contributed by atoms with E-state index in [0.717, 1.165) is 5.56 Å². The zero-order valence-electron chi connectivity index (χ0n) is 9.49. The Bertz CT molecular complexity index is 537. The van der Waals surface area contributed by atoms with Crippen LogP contribution in [-0.4, -0.2) is 5.91 Å². The molecule has 1 N–H and O–H groups in total. The molecule has 0 fully saturated rings. The van der Waals surface area contributed by atoms with Crippen molar-refractivity contribution >= 4 is 17.5 Å². The van der Waals surface area contributed by atoms with Gasteiger partial charge in [-0.1, -0.05) is 23.7 Å². The summed E-state index contributed by atoms with van der Waals surface area (Å²) in [5.74, 6) is -0.589. The lowest BCUT2D eigenvalue weighted by atomic mass is 10.2. The second-order valence-electron chi connectivity index (χ2n) is 3.82. The van der Waals surface area contributed by atoms with Gasteiger partial charge in [0.05, 0.1) is 0 Å². The molecule has 2 nitrogen and oxygen atoms in total. The van der Waals surface area contributed by atoms with E-state index in [1.807, 2.05) is 12.1 Å². The Balaban J connectivity index is 1.96. The van der Waals surface area contributed by atoms with Gasteiger partial charge in [-0.05, 0) is 42.0 Å². The van der Waals surface area contributed by atoms with Crippen molar-refractivity contribution in [2.45, 2.75) is 6.54 Å². The van der Waals surface area contributed by atoms with Crippen LogP contribution < -0.4 is 5.32 Å². The molecule has 2 aromatic rings. The number of amides is 1. The molecule has 0 saturated heterocycles. The van der Waals surface area contributed by atoms with Gasteiger partial charge in [0.1, 0.15) is 5.82 Å². The lowest BCUT2D eigenvalue weighted by Gasteiger charge is -2.05. The monoisotopic (exact) mass is 263 g/mol. The van der Waals surface area contributed by atoms with Crippen molar-refractivity contribution < 1.29 is 9.18 Å². The van der Waals surface area contributed by atoms with Gasteiger partial charge in [-0.15, -0.1) is 0 Å². The van der Waals surface area contributed by atoms with Gasteiger partial charge in [0.25, 0.3) is 5.91 Å². The topological polar surface area (TPSA) is 29.1 Å². The number of carbonyl (C=O) groups excluding carboxylic acids is 1. The molecule has 2 aromatic carbocycles. The van der Waals surface area contributed by atoms with Crippen molar-refractivity contribution in [3.63, 3.8) is 0 Å². The first-order valence-corrected chi connectivity index (χ1v) is 5.81. The number of benzene rings is 2. The number of hydrogen-bond acceptors (Lipinski definition) is 1. The van der Waals surface area contributed by atoms with Gasteiger partial charge in [0.2, 0.25) is 0 Å². The second-order valence-corrected chi connectivity index (χ2v) is 4.25. The molecule has 0 spiro atoms. The number of nitrogens with one attached hydrogen (secondary N) is 1. The number of rotatable bonds is 3. The van der Waals surface area contributed by atoms with Gasteiger partial charge in [-0.3, -0.25) is 4.79 Å². The molecule has 0 aliphatic carbocycles. The molecule has 0 unspecified atom stereocenters. The third-order valence-electron chi connectivity index (χ3n) is 2.47. The fourth-order valence-corrected chi connectivity index (χ4v) is 1.61. The van der Waals surface area contributed by atoms with Crippen LogP contribution in [0.1, 0.15) is 15.9 Å². The normalized spacial score (nSPS) is 10.1. The van der Waals surface area contributed by atoms with Crippen LogP contribution in [0, 0.1) is 5.82 Å². The van der Waals surface area contributed by atoms with E-state index in [4.69, 9.17) is 11.6 Å². The average Bonchev–Trinajstić information content (AvgIpc) is 2.38. The Kier molecular flexibility index (Phi) is 3.95. The van der Waals surface area contributed by atoms with E-state index in [2.05, 4.69) is 5.32 Å². The highest BCUT2D eigenvalue weighted by Gasteiger charge is 2.04. The van der Waals surface area contributed by atoms with Gasteiger partial charge in [0, 0.05) is 17.1 Å². The first kappa shape index (κ1) is 12.6. The van der Waals surface area contributed by atoms with Crippen LogP contribution in [0.25, 0.3) is 0 Å². The Morgan fingerprint density at radius 1 is 1.06 bits per heavy atom. The third kappa shape index (κ3) is 3.31. The maximum absolute atomic E-state index is 12.7. The summed E-state index contributed by atoms with van der Waals surface area (Å²) in [6.07, 6.45) is 0. The van der Waals surface area contributed by atoms with Gasteiger partial charge < -0.3 is 5.32 Å². The maximum atomic E-state index is 12.7. The van der Waals surface area contributed by atoms with Crippen LogP contribution in [-0.2, 0) is 6.54 Å². The van der Waals surface area contributed by atoms with Crippen LogP contribution in [0.15, 0.2) is 48.5 Å². The fraction of sp³-hybridized carbons (Fsp3) is 0.0714. The first-order valence-electron chi connectivity index (χ1n) is 5.43. The Morgan fingerprint density at radius 2 is 1.67 bits per heavy atom. The summed E-state index contributed by atoms with van der Waals surface area (Å²) in [4.78, 5) is 11.7.